The average molecular weight is 385 g/mol. The lowest BCUT2D eigenvalue weighted by Gasteiger charge is -2.08. The van der Waals surface area contributed by atoms with Crippen molar-refractivity contribution in [3.05, 3.63) is 89.6 Å². The maximum atomic E-state index is 12.6. The van der Waals surface area contributed by atoms with Crippen LogP contribution in [0.4, 0.5) is 13.2 Å². The maximum absolute atomic E-state index is 12.6. The van der Waals surface area contributed by atoms with Crippen molar-refractivity contribution < 1.29 is 22.7 Å². The minimum Gasteiger partial charge on any atom is -0.438 e. The Bertz CT molecular complexity index is 972. The number of aromatic nitrogens is 1. The Kier molecular flexibility index (Phi) is 5.69. The summed E-state index contributed by atoms with van der Waals surface area (Å²) in [6.45, 7) is 0. The summed E-state index contributed by atoms with van der Waals surface area (Å²) in [5.41, 5.74) is 2.12. The van der Waals surface area contributed by atoms with Gasteiger partial charge in [0.1, 0.15) is 11.3 Å². The van der Waals surface area contributed by atoms with Crippen LogP contribution in [0.15, 0.2) is 78.0 Å². The van der Waals surface area contributed by atoms with E-state index in [1.807, 2.05) is 6.07 Å². The number of nitrogens with zero attached hydrogens (tertiary/aromatic N) is 2. The molecule has 0 aliphatic carbocycles. The van der Waals surface area contributed by atoms with E-state index >= 15 is 0 Å². The van der Waals surface area contributed by atoms with Crippen LogP contribution >= 0.6 is 0 Å². The number of carbonyl (C=O) groups is 1. The SMILES string of the molecule is O=C(NN=Cc1ccc(C(F)(F)F)cc1)c1cccnc1Oc1ccccc1. The van der Waals surface area contributed by atoms with Crippen molar-refractivity contribution in [2.75, 3.05) is 0 Å². The zero-order valence-corrected chi connectivity index (χ0v) is 14.4. The van der Waals surface area contributed by atoms with Gasteiger partial charge >= 0.3 is 6.18 Å². The molecule has 0 radical (unpaired) electrons. The first-order chi connectivity index (χ1) is 13.4. The molecule has 0 saturated carbocycles. The van der Waals surface area contributed by atoms with Gasteiger partial charge in [-0.2, -0.15) is 18.3 Å². The van der Waals surface area contributed by atoms with Crippen LogP contribution in [0.2, 0.25) is 0 Å². The first kappa shape index (κ1) is 19.1. The fourth-order valence-corrected chi connectivity index (χ4v) is 2.23. The summed E-state index contributed by atoms with van der Waals surface area (Å²) in [5.74, 6) is 0.0571. The molecule has 1 heterocycles. The van der Waals surface area contributed by atoms with Gasteiger partial charge in [0.05, 0.1) is 11.8 Å². The Labute approximate surface area is 158 Å². The number of benzene rings is 2. The Morgan fingerprint density at radius 2 is 1.71 bits per heavy atom. The molecule has 0 aliphatic rings. The second kappa shape index (κ2) is 8.34. The molecule has 28 heavy (non-hydrogen) atoms. The number of rotatable bonds is 5. The van der Waals surface area contributed by atoms with Crippen molar-refractivity contribution in [3.8, 4) is 11.6 Å². The fraction of sp³-hybridized carbons (Fsp3) is 0.0500. The number of hydrazone groups is 1. The number of amides is 1. The third-order valence-corrected chi connectivity index (χ3v) is 3.59. The number of nitrogens with one attached hydrogen (secondary N) is 1. The van der Waals surface area contributed by atoms with Gasteiger partial charge in [0.15, 0.2) is 0 Å². The molecule has 2 aromatic carbocycles. The van der Waals surface area contributed by atoms with E-state index in [4.69, 9.17) is 4.74 Å². The number of pyridine rings is 1. The van der Waals surface area contributed by atoms with E-state index in [1.54, 1.807) is 30.3 Å². The summed E-state index contributed by atoms with van der Waals surface area (Å²) in [7, 11) is 0. The van der Waals surface area contributed by atoms with Crippen LogP contribution in [0.5, 0.6) is 11.6 Å². The van der Waals surface area contributed by atoms with E-state index < -0.39 is 17.6 Å². The van der Waals surface area contributed by atoms with Gasteiger partial charge in [-0.05, 0) is 42.0 Å². The van der Waals surface area contributed by atoms with Crippen molar-refractivity contribution in [3.63, 3.8) is 0 Å². The summed E-state index contributed by atoms with van der Waals surface area (Å²) in [5, 5.41) is 3.77. The number of para-hydroxylation sites is 1. The van der Waals surface area contributed by atoms with E-state index in [1.165, 1.54) is 30.6 Å². The molecule has 0 aliphatic heterocycles. The lowest BCUT2D eigenvalue weighted by molar-refractivity contribution is -0.137. The summed E-state index contributed by atoms with van der Waals surface area (Å²) >= 11 is 0. The summed E-state index contributed by atoms with van der Waals surface area (Å²) in [6.07, 6.45) is -1.67. The molecule has 0 saturated heterocycles. The van der Waals surface area contributed by atoms with E-state index in [9.17, 15) is 18.0 Å². The Morgan fingerprint density at radius 1 is 1.00 bits per heavy atom. The van der Waals surface area contributed by atoms with Crippen LogP contribution in [0, 0.1) is 0 Å². The van der Waals surface area contributed by atoms with Gasteiger partial charge in [-0.15, -0.1) is 0 Å². The number of hydrogen-bond acceptors (Lipinski definition) is 4. The molecule has 1 aromatic heterocycles. The highest BCUT2D eigenvalue weighted by molar-refractivity contribution is 5.96. The highest BCUT2D eigenvalue weighted by Gasteiger charge is 2.29. The molecule has 142 valence electrons. The maximum Gasteiger partial charge on any atom is 0.416 e. The second-order valence-electron chi connectivity index (χ2n) is 5.59. The van der Waals surface area contributed by atoms with Gasteiger partial charge in [0.25, 0.3) is 5.91 Å². The highest BCUT2D eigenvalue weighted by atomic mass is 19.4. The van der Waals surface area contributed by atoms with E-state index in [0.717, 1.165) is 12.1 Å². The average Bonchev–Trinajstić information content (AvgIpc) is 2.69. The first-order valence-electron chi connectivity index (χ1n) is 8.12. The van der Waals surface area contributed by atoms with Crippen LogP contribution in [-0.2, 0) is 6.18 Å². The van der Waals surface area contributed by atoms with Gasteiger partial charge in [0, 0.05) is 6.20 Å². The third kappa shape index (κ3) is 4.94. The minimum atomic E-state index is -4.40. The van der Waals surface area contributed by atoms with Crippen LogP contribution < -0.4 is 10.2 Å². The zero-order valence-electron chi connectivity index (χ0n) is 14.4. The molecule has 1 N–H and O–H groups in total. The van der Waals surface area contributed by atoms with Gasteiger partial charge in [-0.3, -0.25) is 4.79 Å². The van der Waals surface area contributed by atoms with Gasteiger partial charge in [-0.1, -0.05) is 30.3 Å². The fourth-order valence-electron chi connectivity index (χ4n) is 2.23. The molecular formula is C20H14F3N3O2. The summed E-state index contributed by atoms with van der Waals surface area (Å²) in [6, 6.07) is 16.3. The predicted octanol–water partition coefficient (Wildman–Crippen LogP) is 4.66. The van der Waals surface area contributed by atoms with Crippen molar-refractivity contribution >= 4 is 12.1 Å². The third-order valence-electron chi connectivity index (χ3n) is 3.59. The van der Waals surface area contributed by atoms with Crippen LogP contribution in [-0.4, -0.2) is 17.1 Å². The van der Waals surface area contributed by atoms with E-state index in [0.29, 0.717) is 11.3 Å². The van der Waals surface area contributed by atoms with Crippen LogP contribution in [0.1, 0.15) is 21.5 Å². The van der Waals surface area contributed by atoms with Gasteiger partial charge in [-0.25, -0.2) is 10.4 Å². The normalized spacial score (nSPS) is 11.4. The van der Waals surface area contributed by atoms with E-state index in [-0.39, 0.29) is 11.4 Å². The topological polar surface area (TPSA) is 63.6 Å². The monoisotopic (exact) mass is 385 g/mol. The number of hydrogen-bond donors (Lipinski definition) is 1. The minimum absolute atomic E-state index is 0.107. The number of carbonyl (C=O) groups excluding carboxylic acids is 1. The van der Waals surface area contributed by atoms with Crippen LogP contribution in [0.25, 0.3) is 0 Å². The molecule has 0 bridgehead atoms. The molecule has 3 aromatic rings. The first-order valence-corrected chi connectivity index (χ1v) is 8.12. The highest BCUT2D eigenvalue weighted by Crippen LogP contribution is 2.28. The predicted molar refractivity (Wildman–Crippen MR) is 97.3 cm³/mol. The molecule has 8 heteroatoms. The van der Waals surface area contributed by atoms with Gasteiger partial charge < -0.3 is 4.74 Å². The van der Waals surface area contributed by atoms with Gasteiger partial charge in [0.2, 0.25) is 5.88 Å². The smallest absolute Gasteiger partial charge is 0.416 e. The molecule has 0 atom stereocenters. The zero-order chi connectivity index (χ0) is 20.0. The molecule has 0 unspecified atom stereocenters. The molecule has 0 spiro atoms. The van der Waals surface area contributed by atoms with Crippen molar-refractivity contribution in [2.45, 2.75) is 6.18 Å². The largest absolute Gasteiger partial charge is 0.438 e. The quantitative estimate of drug-likeness (QED) is 0.513. The number of halogens is 3. The molecule has 0 fully saturated rings. The van der Waals surface area contributed by atoms with Crippen molar-refractivity contribution in [2.24, 2.45) is 5.10 Å². The van der Waals surface area contributed by atoms with E-state index in [2.05, 4.69) is 15.5 Å². The second-order valence-corrected chi connectivity index (χ2v) is 5.59. The lowest BCUT2D eigenvalue weighted by Crippen LogP contribution is -2.18. The summed E-state index contributed by atoms with van der Waals surface area (Å²) < 4.78 is 43.3. The standard InChI is InChI=1S/C20H14F3N3O2/c21-20(22,23)15-10-8-14(9-11-15)13-25-26-18(27)17-7-4-12-24-19(17)28-16-5-2-1-3-6-16/h1-13H,(H,26,27). The summed E-state index contributed by atoms with van der Waals surface area (Å²) in [4.78, 5) is 16.4. The molecule has 5 nitrogen and oxygen atoms in total. The Hall–Kier alpha value is -3.68. The molecule has 1 amide bonds. The Balaban J connectivity index is 1.67. The van der Waals surface area contributed by atoms with Crippen molar-refractivity contribution in [1.29, 1.82) is 0 Å². The molecular weight excluding hydrogens is 371 g/mol. The molecule has 3 rings (SSSR count). The van der Waals surface area contributed by atoms with Crippen molar-refractivity contribution in [1.82, 2.24) is 10.4 Å². The van der Waals surface area contributed by atoms with Crippen LogP contribution in [0.3, 0.4) is 0 Å². The lowest BCUT2D eigenvalue weighted by atomic mass is 10.1. The number of ether oxygens (including phenoxy) is 1. The Morgan fingerprint density at radius 3 is 2.39 bits per heavy atom. The number of alkyl halides is 3.